The summed E-state index contributed by atoms with van der Waals surface area (Å²) in [5.41, 5.74) is 1.17. The van der Waals surface area contributed by atoms with Crippen molar-refractivity contribution in [3.63, 3.8) is 0 Å². The third kappa shape index (κ3) is 4.64. The van der Waals surface area contributed by atoms with Crippen molar-refractivity contribution in [1.82, 2.24) is 5.32 Å². The Kier molecular flexibility index (Phi) is 4.73. The molecule has 2 unspecified atom stereocenters. The van der Waals surface area contributed by atoms with E-state index in [9.17, 15) is 17.6 Å². The van der Waals surface area contributed by atoms with Gasteiger partial charge < -0.3 is 5.32 Å². The fraction of sp³-hybridized carbons (Fsp3) is 0.538. The molecule has 0 aliphatic heterocycles. The van der Waals surface area contributed by atoms with Gasteiger partial charge in [0.2, 0.25) is 0 Å². The monoisotopic (exact) mass is 263 g/mol. The first-order valence-corrected chi connectivity index (χ1v) is 5.78. The van der Waals surface area contributed by atoms with E-state index < -0.39 is 18.6 Å². The Labute approximate surface area is 104 Å². The number of rotatable bonds is 4. The smallest absolute Gasteiger partial charge is 0.307 e. The summed E-state index contributed by atoms with van der Waals surface area (Å²) in [6.45, 7) is 4.83. The zero-order valence-electron chi connectivity index (χ0n) is 10.6. The second-order valence-electron chi connectivity index (χ2n) is 4.62. The maximum Gasteiger partial charge on any atom is 0.390 e. The summed E-state index contributed by atoms with van der Waals surface area (Å²) in [5, 5.41) is 2.81. The van der Waals surface area contributed by atoms with E-state index in [1.54, 1.807) is 26.0 Å². The molecular weight excluding hydrogens is 246 g/mol. The molecule has 102 valence electrons. The van der Waals surface area contributed by atoms with Crippen LogP contribution < -0.4 is 5.32 Å². The lowest BCUT2D eigenvalue weighted by atomic mass is 10.0. The second-order valence-corrected chi connectivity index (χ2v) is 4.62. The molecule has 0 aromatic heterocycles. The molecule has 0 bridgehead atoms. The summed E-state index contributed by atoms with van der Waals surface area (Å²) < 4.78 is 49.9. The van der Waals surface area contributed by atoms with Crippen molar-refractivity contribution in [3.8, 4) is 0 Å². The first-order valence-electron chi connectivity index (χ1n) is 5.78. The highest BCUT2D eigenvalue weighted by Gasteiger charge is 2.30. The van der Waals surface area contributed by atoms with E-state index in [1.165, 1.54) is 13.0 Å². The minimum Gasteiger partial charge on any atom is -0.307 e. The Morgan fingerprint density at radius 1 is 1.22 bits per heavy atom. The molecule has 0 saturated heterocycles. The molecule has 0 amide bonds. The van der Waals surface area contributed by atoms with Gasteiger partial charge in [-0.15, -0.1) is 0 Å². The Morgan fingerprint density at radius 3 is 2.33 bits per heavy atom. The molecule has 0 aliphatic carbocycles. The van der Waals surface area contributed by atoms with Gasteiger partial charge in [-0.05, 0) is 38.0 Å². The van der Waals surface area contributed by atoms with Crippen molar-refractivity contribution in [2.75, 3.05) is 0 Å². The van der Waals surface area contributed by atoms with Crippen LogP contribution in [0.5, 0.6) is 0 Å². The molecule has 2 atom stereocenters. The molecule has 1 aromatic rings. The van der Waals surface area contributed by atoms with Crippen LogP contribution in [0, 0.1) is 12.7 Å². The summed E-state index contributed by atoms with van der Waals surface area (Å²) in [4.78, 5) is 0. The fourth-order valence-corrected chi connectivity index (χ4v) is 1.81. The van der Waals surface area contributed by atoms with Gasteiger partial charge in [-0.1, -0.05) is 12.1 Å². The molecule has 1 aromatic carbocycles. The first kappa shape index (κ1) is 15.0. The molecule has 0 spiro atoms. The number of alkyl halides is 3. The van der Waals surface area contributed by atoms with Crippen LogP contribution in [0.15, 0.2) is 18.2 Å². The normalized spacial score (nSPS) is 15.5. The van der Waals surface area contributed by atoms with Crippen LogP contribution in [0.2, 0.25) is 0 Å². The van der Waals surface area contributed by atoms with Crippen molar-refractivity contribution >= 4 is 0 Å². The molecule has 18 heavy (non-hydrogen) atoms. The fourth-order valence-electron chi connectivity index (χ4n) is 1.81. The van der Waals surface area contributed by atoms with Crippen molar-refractivity contribution in [2.24, 2.45) is 0 Å². The van der Waals surface area contributed by atoms with E-state index in [-0.39, 0.29) is 11.9 Å². The van der Waals surface area contributed by atoms with Crippen molar-refractivity contribution in [2.45, 2.75) is 45.5 Å². The van der Waals surface area contributed by atoms with Gasteiger partial charge in [0.15, 0.2) is 0 Å². The van der Waals surface area contributed by atoms with Crippen molar-refractivity contribution < 1.29 is 17.6 Å². The lowest BCUT2D eigenvalue weighted by molar-refractivity contribution is -0.139. The molecule has 5 heteroatoms. The van der Waals surface area contributed by atoms with Crippen LogP contribution in [0.4, 0.5) is 17.6 Å². The van der Waals surface area contributed by atoms with E-state index in [2.05, 4.69) is 5.32 Å². The second kappa shape index (κ2) is 5.69. The minimum absolute atomic E-state index is 0.322. The third-order valence-corrected chi connectivity index (χ3v) is 2.77. The molecule has 1 N–H and O–H groups in total. The average Bonchev–Trinajstić information content (AvgIpc) is 2.18. The van der Waals surface area contributed by atoms with Crippen LogP contribution in [-0.4, -0.2) is 12.2 Å². The molecule has 0 fully saturated rings. The predicted octanol–water partition coefficient (Wildman–Crippen LogP) is 4.13. The molecule has 1 nitrogen and oxygen atoms in total. The largest absolute Gasteiger partial charge is 0.390 e. The number of aryl methyl sites for hydroxylation is 1. The summed E-state index contributed by atoms with van der Waals surface area (Å²) >= 11 is 0. The highest BCUT2D eigenvalue weighted by atomic mass is 19.4. The van der Waals surface area contributed by atoms with E-state index in [4.69, 9.17) is 0 Å². The minimum atomic E-state index is -4.19. The Morgan fingerprint density at radius 2 is 1.83 bits per heavy atom. The Bertz CT molecular complexity index is 400. The van der Waals surface area contributed by atoms with Crippen LogP contribution in [0.3, 0.4) is 0 Å². The predicted molar refractivity (Wildman–Crippen MR) is 62.8 cm³/mol. The van der Waals surface area contributed by atoms with Gasteiger partial charge in [-0.3, -0.25) is 0 Å². The van der Waals surface area contributed by atoms with Gasteiger partial charge in [0, 0.05) is 12.1 Å². The van der Waals surface area contributed by atoms with Crippen LogP contribution in [0.1, 0.15) is 37.4 Å². The first-order chi connectivity index (χ1) is 8.19. The zero-order chi connectivity index (χ0) is 13.9. The number of halogens is 4. The van der Waals surface area contributed by atoms with Gasteiger partial charge >= 0.3 is 6.18 Å². The van der Waals surface area contributed by atoms with E-state index in [1.807, 2.05) is 0 Å². The lowest BCUT2D eigenvalue weighted by Gasteiger charge is -2.21. The number of benzene rings is 1. The van der Waals surface area contributed by atoms with Gasteiger partial charge in [0.05, 0.1) is 6.42 Å². The SMILES string of the molecule is Cc1ccc(C(C)NC(C)CC(F)(F)F)cc1F. The zero-order valence-corrected chi connectivity index (χ0v) is 10.6. The van der Waals surface area contributed by atoms with Crippen LogP contribution in [-0.2, 0) is 0 Å². The molecule has 1 rings (SSSR count). The van der Waals surface area contributed by atoms with Crippen LogP contribution in [0.25, 0.3) is 0 Å². The maximum atomic E-state index is 13.3. The maximum absolute atomic E-state index is 13.3. The lowest BCUT2D eigenvalue weighted by Crippen LogP contribution is -2.33. The number of nitrogens with one attached hydrogen (secondary N) is 1. The highest BCUT2D eigenvalue weighted by molar-refractivity contribution is 5.25. The van der Waals surface area contributed by atoms with E-state index >= 15 is 0 Å². The van der Waals surface area contributed by atoms with Gasteiger partial charge in [0.1, 0.15) is 5.82 Å². The van der Waals surface area contributed by atoms with E-state index in [0.29, 0.717) is 11.1 Å². The molecule has 0 aliphatic rings. The van der Waals surface area contributed by atoms with Crippen molar-refractivity contribution in [3.05, 3.63) is 35.1 Å². The van der Waals surface area contributed by atoms with Crippen molar-refractivity contribution in [1.29, 1.82) is 0 Å². The van der Waals surface area contributed by atoms with Gasteiger partial charge in [0.25, 0.3) is 0 Å². The summed E-state index contributed by atoms with van der Waals surface area (Å²) in [6.07, 6.45) is -5.09. The number of hydrogen-bond acceptors (Lipinski definition) is 1. The molecule has 0 saturated carbocycles. The molecule has 0 heterocycles. The third-order valence-electron chi connectivity index (χ3n) is 2.77. The van der Waals surface area contributed by atoms with Gasteiger partial charge in [-0.2, -0.15) is 13.2 Å². The standard InChI is InChI=1S/C13H17F4N/c1-8-4-5-11(6-12(8)14)10(3)18-9(2)7-13(15,16)17/h4-6,9-10,18H,7H2,1-3H3. The number of hydrogen-bond donors (Lipinski definition) is 1. The van der Waals surface area contributed by atoms with Crippen LogP contribution >= 0.6 is 0 Å². The summed E-state index contributed by atoms with van der Waals surface area (Å²) in [6, 6.07) is 3.67. The highest BCUT2D eigenvalue weighted by Crippen LogP contribution is 2.23. The quantitative estimate of drug-likeness (QED) is 0.805. The average molecular weight is 263 g/mol. The summed E-state index contributed by atoms with van der Waals surface area (Å²) in [5.74, 6) is -0.343. The Hall–Kier alpha value is -1.10. The molecule has 0 radical (unpaired) electrons. The summed E-state index contributed by atoms with van der Waals surface area (Å²) in [7, 11) is 0. The Balaban J connectivity index is 2.64. The topological polar surface area (TPSA) is 12.0 Å². The van der Waals surface area contributed by atoms with E-state index in [0.717, 1.165) is 0 Å². The van der Waals surface area contributed by atoms with Gasteiger partial charge in [-0.25, -0.2) is 4.39 Å². The molecular formula is C13H17F4N.